The fraction of sp³-hybridized carbons (Fsp3) is 0.800. The Morgan fingerprint density at radius 2 is 2.12 bits per heavy atom. The minimum Gasteiger partial charge on any atom is -0.387 e. The molecule has 0 spiro atoms. The Kier molecular flexibility index (Phi) is 5.32. The molecule has 0 saturated heterocycles. The Labute approximate surface area is 102 Å². The summed E-state index contributed by atoms with van der Waals surface area (Å²) >= 11 is 1.06. The molecule has 0 bridgehead atoms. The molecular weight excluding hydrogens is 253 g/mol. The van der Waals surface area contributed by atoms with Gasteiger partial charge in [-0.1, -0.05) is 17.8 Å². The largest absolute Gasteiger partial charge is 0.389 e. The zero-order valence-corrected chi connectivity index (χ0v) is 10.3. The Balaban J connectivity index is 2.46. The molecule has 17 heavy (non-hydrogen) atoms. The van der Waals surface area contributed by atoms with Gasteiger partial charge in [0.15, 0.2) is 0 Å². The summed E-state index contributed by atoms with van der Waals surface area (Å²) in [6, 6.07) is 0. The summed E-state index contributed by atoms with van der Waals surface area (Å²) in [6.45, 7) is 1.97. The van der Waals surface area contributed by atoms with Crippen molar-refractivity contribution in [2.45, 2.75) is 51.3 Å². The molecule has 0 fully saturated rings. The van der Waals surface area contributed by atoms with E-state index in [9.17, 15) is 18.3 Å². The highest BCUT2D eigenvalue weighted by atomic mass is 32.1. The number of hydrogen-bond acceptors (Lipinski definition) is 4. The predicted molar refractivity (Wildman–Crippen MR) is 58.8 cm³/mol. The van der Waals surface area contributed by atoms with Crippen LogP contribution in [-0.4, -0.2) is 20.9 Å². The molecule has 0 saturated carbocycles. The van der Waals surface area contributed by atoms with Crippen molar-refractivity contribution in [2.75, 3.05) is 0 Å². The Hall–Kier alpha value is -0.690. The maximum absolute atomic E-state index is 11.9. The van der Waals surface area contributed by atoms with E-state index in [1.165, 1.54) is 0 Å². The summed E-state index contributed by atoms with van der Waals surface area (Å²) in [6.07, 6.45) is -4.31. The molecule has 1 aromatic rings. The van der Waals surface area contributed by atoms with Crippen molar-refractivity contribution in [3.05, 3.63) is 10.6 Å². The molecule has 0 aliphatic carbocycles. The quantitative estimate of drug-likeness (QED) is 0.861. The van der Waals surface area contributed by atoms with E-state index in [0.29, 0.717) is 17.0 Å². The smallest absolute Gasteiger partial charge is 0.387 e. The van der Waals surface area contributed by atoms with Crippen LogP contribution < -0.4 is 0 Å². The zero-order valence-electron chi connectivity index (χ0n) is 9.50. The van der Waals surface area contributed by atoms with E-state index in [4.69, 9.17) is 0 Å². The van der Waals surface area contributed by atoms with Crippen LogP contribution in [0.4, 0.5) is 13.2 Å². The molecular formula is C10H15F3N2OS. The molecule has 1 N–H and O–H groups in total. The Morgan fingerprint density at radius 1 is 1.41 bits per heavy atom. The molecule has 1 aromatic heterocycles. The summed E-state index contributed by atoms with van der Waals surface area (Å²) in [5.74, 6) is 0. The standard InChI is InChI=1S/C10H15F3N2OS/c1-2-4-7-9(17-15-14-7)8(16)5-3-6-10(11,12)13/h8,16H,2-6H2,1H3. The number of nitrogens with zero attached hydrogens (tertiary/aromatic N) is 2. The van der Waals surface area contributed by atoms with Crippen LogP contribution in [0.1, 0.15) is 49.3 Å². The van der Waals surface area contributed by atoms with Crippen LogP contribution in [0.25, 0.3) is 0 Å². The monoisotopic (exact) mass is 268 g/mol. The number of hydrogen-bond donors (Lipinski definition) is 1. The fourth-order valence-corrected chi connectivity index (χ4v) is 2.22. The first kappa shape index (κ1) is 14.4. The van der Waals surface area contributed by atoms with Crippen LogP contribution in [0.2, 0.25) is 0 Å². The normalized spacial score (nSPS) is 13.9. The van der Waals surface area contributed by atoms with Crippen molar-refractivity contribution in [3.8, 4) is 0 Å². The summed E-state index contributed by atoms with van der Waals surface area (Å²) in [5, 5.41) is 13.6. The van der Waals surface area contributed by atoms with Gasteiger partial charge in [0, 0.05) is 6.42 Å². The molecule has 3 nitrogen and oxygen atoms in total. The SMILES string of the molecule is CCCc1nnsc1C(O)CCCC(F)(F)F. The summed E-state index contributed by atoms with van der Waals surface area (Å²) in [5.41, 5.74) is 0.706. The number of aliphatic hydroxyl groups excluding tert-OH is 1. The number of halogens is 3. The first-order valence-electron chi connectivity index (χ1n) is 5.50. The predicted octanol–water partition coefficient (Wildman–Crippen LogP) is 3.26. The molecule has 1 rings (SSSR count). The third kappa shape index (κ3) is 4.99. The first-order chi connectivity index (χ1) is 7.94. The van der Waals surface area contributed by atoms with Crippen LogP contribution in [0, 0.1) is 0 Å². The lowest BCUT2D eigenvalue weighted by molar-refractivity contribution is -0.136. The van der Waals surface area contributed by atoms with Gasteiger partial charge in [0.05, 0.1) is 16.7 Å². The Bertz CT molecular complexity index is 341. The third-order valence-corrected chi connectivity index (χ3v) is 3.18. The highest BCUT2D eigenvalue weighted by Gasteiger charge is 2.27. The van der Waals surface area contributed by atoms with Gasteiger partial charge >= 0.3 is 6.18 Å². The maximum atomic E-state index is 11.9. The highest BCUT2D eigenvalue weighted by molar-refractivity contribution is 7.05. The minimum atomic E-state index is -4.15. The lowest BCUT2D eigenvalue weighted by Gasteiger charge is -2.10. The van der Waals surface area contributed by atoms with Crippen molar-refractivity contribution in [3.63, 3.8) is 0 Å². The number of aliphatic hydroxyl groups is 1. The number of alkyl halides is 3. The van der Waals surface area contributed by atoms with Crippen molar-refractivity contribution in [1.82, 2.24) is 9.59 Å². The summed E-state index contributed by atoms with van der Waals surface area (Å²) in [7, 11) is 0. The van der Waals surface area contributed by atoms with Gasteiger partial charge in [-0.3, -0.25) is 0 Å². The Morgan fingerprint density at radius 3 is 2.71 bits per heavy atom. The van der Waals surface area contributed by atoms with Gasteiger partial charge in [-0.05, 0) is 30.8 Å². The number of aromatic nitrogens is 2. The topological polar surface area (TPSA) is 46.0 Å². The van der Waals surface area contributed by atoms with Crippen molar-refractivity contribution in [1.29, 1.82) is 0 Å². The lowest BCUT2D eigenvalue weighted by atomic mass is 10.1. The molecule has 1 atom stereocenters. The van der Waals surface area contributed by atoms with Gasteiger partial charge in [0.25, 0.3) is 0 Å². The molecule has 0 aliphatic heterocycles. The van der Waals surface area contributed by atoms with Gasteiger partial charge in [-0.15, -0.1) is 5.10 Å². The van der Waals surface area contributed by atoms with Crippen LogP contribution in [-0.2, 0) is 6.42 Å². The van der Waals surface area contributed by atoms with E-state index in [1.807, 2.05) is 6.92 Å². The van der Waals surface area contributed by atoms with E-state index >= 15 is 0 Å². The van der Waals surface area contributed by atoms with Crippen molar-refractivity contribution < 1.29 is 18.3 Å². The molecule has 98 valence electrons. The maximum Gasteiger partial charge on any atom is 0.389 e. The average molecular weight is 268 g/mol. The van der Waals surface area contributed by atoms with Gasteiger partial charge in [0.2, 0.25) is 0 Å². The second-order valence-electron chi connectivity index (χ2n) is 3.86. The summed E-state index contributed by atoms with van der Waals surface area (Å²) < 4.78 is 39.6. The molecule has 1 heterocycles. The number of aryl methyl sites for hydroxylation is 1. The van der Waals surface area contributed by atoms with Crippen LogP contribution in [0.3, 0.4) is 0 Å². The van der Waals surface area contributed by atoms with E-state index in [2.05, 4.69) is 9.59 Å². The van der Waals surface area contributed by atoms with Gasteiger partial charge in [-0.25, -0.2) is 0 Å². The average Bonchev–Trinajstić information content (AvgIpc) is 2.64. The fourth-order valence-electron chi connectivity index (χ4n) is 1.51. The molecule has 0 radical (unpaired) electrons. The molecule has 0 amide bonds. The second-order valence-corrected chi connectivity index (χ2v) is 4.64. The number of rotatable bonds is 6. The molecule has 0 aromatic carbocycles. The van der Waals surface area contributed by atoms with Crippen LogP contribution >= 0.6 is 11.5 Å². The van der Waals surface area contributed by atoms with Crippen LogP contribution in [0.5, 0.6) is 0 Å². The molecule has 0 aliphatic rings. The second kappa shape index (κ2) is 6.30. The van der Waals surface area contributed by atoms with Gasteiger partial charge < -0.3 is 5.11 Å². The summed E-state index contributed by atoms with van der Waals surface area (Å²) in [4.78, 5) is 0.606. The van der Waals surface area contributed by atoms with Gasteiger partial charge in [-0.2, -0.15) is 13.2 Å². The van der Waals surface area contributed by atoms with Gasteiger partial charge in [0.1, 0.15) is 0 Å². The molecule has 7 heteroatoms. The lowest BCUT2D eigenvalue weighted by Crippen LogP contribution is -2.08. The van der Waals surface area contributed by atoms with E-state index in [-0.39, 0.29) is 12.8 Å². The van der Waals surface area contributed by atoms with E-state index < -0.39 is 18.7 Å². The van der Waals surface area contributed by atoms with Crippen molar-refractivity contribution in [2.24, 2.45) is 0 Å². The van der Waals surface area contributed by atoms with E-state index in [0.717, 1.165) is 18.0 Å². The highest BCUT2D eigenvalue weighted by Crippen LogP contribution is 2.29. The third-order valence-electron chi connectivity index (χ3n) is 2.31. The van der Waals surface area contributed by atoms with Crippen molar-refractivity contribution >= 4 is 11.5 Å². The van der Waals surface area contributed by atoms with Crippen LogP contribution in [0.15, 0.2) is 0 Å². The zero-order chi connectivity index (χ0) is 12.9. The first-order valence-corrected chi connectivity index (χ1v) is 6.27. The minimum absolute atomic E-state index is 0.0753. The van der Waals surface area contributed by atoms with E-state index in [1.54, 1.807) is 0 Å². The molecule has 1 unspecified atom stereocenters.